The quantitative estimate of drug-likeness (QED) is 0.0601. The van der Waals surface area contributed by atoms with Crippen LogP contribution in [-0.2, 0) is 19.2 Å². The minimum atomic E-state index is -1.25. The summed E-state index contributed by atoms with van der Waals surface area (Å²) in [7, 11) is 0. The zero-order valence-electron chi connectivity index (χ0n) is 15.1. The minimum absolute atomic E-state index is 0.0834. The second kappa shape index (κ2) is 13.6. The molecule has 0 aromatic heterocycles. The van der Waals surface area contributed by atoms with Crippen molar-refractivity contribution in [2.45, 2.75) is 31.0 Å². The largest absolute Gasteiger partial charge is 0.480 e. The van der Waals surface area contributed by atoms with Crippen molar-refractivity contribution in [3.05, 3.63) is 0 Å². The van der Waals surface area contributed by atoms with Crippen LogP contribution in [0.5, 0.6) is 0 Å². The van der Waals surface area contributed by atoms with Gasteiger partial charge in [0.2, 0.25) is 17.7 Å². The normalized spacial score (nSPS) is 13.5. The van der Waals surface area contributed by atoms with Gasteiger partial charge < -0.3 is 43.4 Å². The molecule has 0 radical (unpaired) electrons. The number of carbonyl (C=O) groups excluding carboxylic acids is 3. The molecule has 13 nitrogen and oxygen atoms in total. The average molecular weight is 421 g/mol. The average Bonchev–Trinajstić information content (AvgIpc) is 2.64. The van der Waals surface area contributed by atoms with E-state index in [1.807, 2.05) is 0 Å². The number of carboxylic acid groups (broad SMARTS) is 1. The Hall–Kier alpha value is -2.58. The number of carboxylic acids is 1. The van der Waals surface area contributed by atoms with Crippen LogP contribution in [0.3, 0.4) is 0 Å². The van der Waals surface area contributed by atoms with E-state index < -0.39 is 55.0 Å². The lowest BCUT2D eigenvalue weighted by atomic mass is 10.1. The summed E-state index contributed by atoms with van der Waals surface area (Å²) in [5.41, 5.74) is 15.6. The Bertz CT molecular complexity index is 585. The molecule has 14 heteroatoms. The van der Waals surface area contributed by atoms with Crippen LogP contribution in [0.1, 0.15) is 12.8 Å². The standard InChI is InChI=1S/C14H27N7O6S/c15-7(5-22)11(24)21-9(6-28)12(25)19-4-10(23)20-8(13(26)27)2-1-3-18-14(16)17/h7-9,22,28H,1-6,15H2,(H,19,25)(H,20,23)(H,21,24)(H,26,27)(H4,16,17,18). The van der Waals surface area contributed by atoms with Crippen molar-refractivity contribution >= 4 is 42.3 Å². The van der Waals surface area contributed by atoms with Gasteiger partial charge >= 0.3 is 5.97 Å². The molecule has 0 saturated heterocycles. The molecule has 3 unspecified atom stereocenters. The Morgan fingerprint density at radius 2 is 1.71 bits per heavy atom. The summed E-state index contributed by atoms with van der Waals surface area (Å²) in [5, 5.41) is 24.7. The van der Waals surface area contributed by atoms with E-state index in [-0.39, 0.29) is 24.7 Å². The highest BCUT2D eigenvalue weighted by molar-refractivity contribution is 7.80. The third-order valence-corrected chi connectivity index (χ3v) is 3.72. The maximum Gasteiger partial charge on any atom is 0.326 e. The molecule has 0 spiro atoms. The number of aliphatic imine (C=N–C) groups is 1. The van der Waals surface area contributed by atoms with Crippen molar-refractivity contribution in [2.75, 3.05) is 25.4 Å². The summed E-state index contributed by atoms with van der Waals surface area (Å²) in [5.74, 6) is -3.66. The zero-order valence-corrected chi connectivity index (χ0v) is 16.0. The van der Waals surface area contributed by atoms with Crippen LogP contribution >= 0.6 is 12.6 Å². The number of nitrogens with two attached hydrogens (primary N) is 3. The molecule has 0 aromatic carbocycles. The number of hydrogen-bond donors (Lipinski definition) is 9. The lowest BCUT2D eigenvalue weighted by Gasteiger charge is -2.19. The van der Waals surface area contributed by atoms with Crippen molar-refractivity contribution in [3.63, 3.8) is 0 Å². The number of aliphatic hydroxyl groups excluding tert-OH is 1. The molecule has 0 fully saturated rings. The summed E-state index contributed by atoms with van der Waals surface area (Å²) >= 11 is 3.93. The summed E-state index contributed by atoms with van der Waals surface area (Å²) in [6.45, 7) is -0.907. The molecule has 0 aliphatic rings. The van der Waals surface area contributed by atoms with Crippen molar-refractivity contribution in [1.82, 2.24) is 16.0 Å². The van der Waals surface area contributed by atoms with Gasteiger partial charge in [-0.25, -0.2) is 4.79 Å². The molecule has 0 rings (SSSR count). The Balaban J connectivity index is 4.50. The van der Waals surface area contributed by atoms with Gasteiger partial charge in [0, 0.05) is 12.3 Å². The first-order chi connectivity index (χ1) is 13.1. The molecular weight excluding hydrogens is 394 g/mol. The van der Waals surface area contributed by atoms with Crippen molar-refractivity contribution < 1.29 is 29.4 Å². The van der Waals surface area contributed by atoms with E-state index in [2.05, 4.69) is 33.6 Å². The van der Waals surface area contributed by atoms with Gasteiger partial charge in [-0.3, -0.25) is 19.4 Å². The fourth-order valence-electron chi connectivity index (χ4n) is 1.85. The van der Waals surface area contributed by atoms with E-state index in [9.17, 15) is 19.2 Å². The first-order valence-electron chi connectivity index (χ1n) is 8.25. The van der Waals surface area contributed by atoms with Gasteiger partial charge in [-0.2, -0.15) is 12.6 Å². The number of aliphatic carboxylic acids is 1. The topological polar surface area (TPSA) is 235 Å². The third-order valence-electron chi connectivity index (χ3n) is 3.35. The van der Waals surface area contributed by atoms with E-state index in [1.165, 1.54) is 0 Å². The second-order valence-electron chi connectivity index (χ2n) is 5.66. The second-order valence-corrected chi connectivity index (χ2v) is 6.02. The van der Waals surface area contributed by atoms with Crippen molar-refractivity contribution in [1.29, 1.82) is 0 Å². The number of nitrogens with one attached hydrogen (secondary N) is 3. The number of nitrogens with zero attached hydrogens (tertiary/aromatic N) is 1. The molecule has 11 N–H and O–H groups in total. The Labute approximate surface area is 166 Å². The lowest BCUT2D eigenvalue weighted by Crippen LogP contribution is -2.54. The fourth-order valence-corrected chi connectivity index (χ4v) is 2.11. The third kappa shape index (κ3) is 10.5. The zero-order chi connectivity index (χ0) is 21.7. The summed E-state index contributed by atoms with van der Waals surface area (Å²) in [4.78, 5) is 50.4. The summed E-state index contributed by atoms with van der Waals surface area (Å²) in [6, 6.07) is -3.47. The summed E-state index contributed by atoms with van der Waals surface area (Å²) < 4.78 is 0. The smallest absolute Gasteiger partial charge is 0.326 e. The maximum atomic E-state index is 12.0. The SMILES string of the molecule is NC(N)=NCCCC(NC(=O)CNC(=O)C(CS)NC(=O)C(N)CO)C(=O)O. The molecule has 160 valence electrons. The van der Waals surface area contributed by atoms with Gasteiger partial charge in [0.05, 0.1) is 13.2 Å². The lowest BCUT2D eigenvalue weighted by molar-refractivity contribution is -0.142. The maximum absolute atomic E-state index is 12.0. The van der Waals surface area contributed by atoms with Gasteiger partial charge in [-0.05, 0) is 12.8 Å². The highest BCUT2D eigenvalue weighted by Crippen LogP contribution is 1.98. The first kappa shape index (κ1) is 25.4. The van der Waals surface area contributed by atoms with Crippen molar-refractivity contribution in [2.24, 2.45) is 22.2 Å². The number of hydrogen-bond acceptors (Lipinski definition) is 8. The molecule has 0 saturated carbocycles. The molecule has 3 atom stereocenters. The van der Waals surface area contributed by atoms with Gasteiger partial charge in [0.1, 0.15) is 18.1 Å². The Morgan fingerprint density at radius 1 is 1.07 bits per heavy atom. The van der Waals surface area contributed by atoms with E-state index in [0.29, 0.717) is 6.42 Å². The minimum Gasteiger partial charge on any atom is -0.480 e. The van der Waals surface area contributed by atoms with Crippen LogP contribution in [-0.4, -0.2) is 83.4 Å². The van der Waals surface area contributed by atoms with E-state index >= 15 is 0 Å². The van der Waals surface area contributed by atoms with E-state index in [1.54, 1.807) is 0 Å². The number of aliphatic hydroxyl groups is 1. The molecule has 0 aliphatic heterocycles. The van der Waals surface area contributed by atoms with Gasteiger partial charge in [-0.15, -0.1) is 0 Å². The van der Waals surface area contributed by atoms with Gasteiger partial charge in [-0.1, -0.05) is 0 Å². The van der Waals surface area contributed by atoms with Gasteiger partial charge in [0.15, 0.2) is 5.96 Å². The molecule has 0 aliphatic carbocycles. The van der Waals surface area contributed by atoms with Crippen molar-refractivity contribution in [3.8, 4) is 0 Å². The Morgan fingerprint density at radius 3 is 2.21 bits per heavy atom. The predicted octanol–water partition coefficient (Wildman–Crippen LogP) is -4.54. The first-order valence-corrected chi connectivity index (χ1v) is 8.88. The van der Waals surface area contributed by atoms with E-state index in [0.717, 1.165) is 0 Å². The van der Waals surface area contributed by atoms with E-state index in [4.69, 9.17) is 27.4 Å². The van der Waals surface area contributed by atoms with Crippen LogP contribution in [0, 0.1) is 0 Å². The number of carbonyl (C=O) groups is 4. The van der Waals surface area contributed by atoms with Crippen LogP contribution in [0.2, 0.25) is 0 Å². The molecular formula is C14H27N7O6S. The predicted molar refractivity (Wildman–Crippen MR) is 103 cm³/mol. The number of amides is 3. The molecule has 0 bridgehead atoms. The summed E-state index contributed by atoms with van der Waals surface area (Å²) in [6.07, 6.45) is 0.403. The van der Waals surface area contributed by atoms with Crippen LogP contribution in [0.4, 0.5) is 0 Å². The van der Waals surface area contributed by atoms with Gasteiger partial charge in [0.25, 0.3) is 0 Å². The molecule has 0 aromatic rings. The molecule has 28 heavy (non-hydrogen) atoms. The number of thiol groups is 1. The highest BCUT2D eigenvalue weighted by atomic mass is 32.1. The van der Waals surface area contributed by atoms with Crippen LogP contribution in [0.25, 0.3) is 0 Å². The molecule has 0 heterocycles. The van der Waals surface area contributed by atoms with Crippen LogP contribution < -0.4 is 33.2 Å². The van der Waals surface area contributed by atoms with Crippen LogP contribution in [0.15, 0.2) is 4.99 Å². The number of guanidine groups is 1. The fraction of sp³-hybridized carbons (Fsp3) is 0.643. The monoisotopic (exact) mass is 421 g/mol. The Kier molecular flexibility index (Phi) is 12.3. The molecule has 3 amide bonds. The highest BCUT2D eigenvalue weighted by Gasteiger charge is 2.24. The number of rotatable bonds is 13.